The molecule has 0 atom stereocenters. The van der Waals surface area contributed by atoms with Crippen molar-refractivity contribution in [2.45, 2.75) is 32.1 Å². The second-order valence-electron chi connectivity index (χ2n) is 6.22. The average molecular weight is 373 g/mol. The summed E-state index contributed by atoms with van der Waals surface area (Å²) < 4.78 is 6.38. The summed E-state index contributed by atoms with van der Waals surface area (Å²) in [4.78, 5) is 22.2. The van der Waals surface area contributed by atoms with Crippen LogP contribution in [0.25, 0.3) is 0 Å². The molecule has 1 saturated heterocycles. The Balaban J connectivity index is 2.15. The summed E-state index contributed by atoms with van der Waals surface area (Å²) >= 11 is 3.30. The maximum Gasteiger partial charge on any atom is 0.323 e. The van der Waals surface area contributed by atoms with E-state index >= 15 is 0 Å². The molecule has 2 amide bonds. The largest absolute Gasteiger partial charge is 0.475 e. The van der Waals surface area contributed by atoms with Gasteiger partial charge in [-0.3, -0.25) is 4.90 Å². The Hall–Kier alpha value is -1.15. The van der Waals surface area contributed by atoms with E-state index in [0.717, 1.165) is 12.5 Å². The van der Waals surface area contributed by atoms with Crippen molar-refractivity contribution in [1.82, 2.24) is 15.3 Å². The van der Waals surface area contributed by atoms with Gasteiger partial charge in [0.1, 0.15) is 4.60 Å². The Labute approximate surface area is 134 Å². The van der Waals surface area contributed by atoms with Crippen molar-refractivity contribution in [3.63, 3.8) is 0 Å². The highest BCUT2D eigenvalue weighted by Crippen LogP contribution is 2.27. The van der Waals surface area contributed by atoms with Crippen LogP contribution in [-0.2, 0) is 0 Å². The van der Waals surface area contributed by atoms with Gasteiger partial charge in [-0.25, -0.2) is 14.8 Å². The first-order valence-corrected chi connectivity index (χ1v) is 11.6. The molecule has 1 aliphatic rings. The molecule has 1 aromatic heterocycles. The Bertz CT molecular complexity index is 521. The molecule has 0 unspecified atom stereocenters. The average Bonchev–Trinajstić information content (AvgIpc) is 2.40. The third kappa shape index (κ3) is 4.67. The fraction of sp³-hybridized carbons (Fsp3) is 0.615. The Morgan fingerprint density at radius 1 is 1.48 bits per heavy atom. The predicted molar refractivity (Wildman–Crippen MR) is 88.7 cm³/mol. The molecule has 1 fully saturated rings. The van der Waals surface area contributed by atoms with Crippen LogP contribution in [-0.4, -0.2) is 43.8 Å². The van der Waals surface area contributed by atoms with Gasteiger partial charge in [-0.2, -0.15) is 0 Å². The van der Waals surface area contributed by atoms with Gasteiger partial charge < -0.3 is 10.1 Å². The second kappa shape index (κ2) is 6.74. The van der Waals surface area contributed by atoms with Gasteiger partial charge in [0.15, 0.2) is 0 Å². The van der Waals surface area contributed by atoms with Gasteiger partial charge in [-0.05, 0) is 28.4 Å². The van der Waals surface area contributed by atoms with Crippen molar-refractivity contribution in [2.24, 2.45) is 0 Å². The molecule has 21 heavy (non-hydrogen) atoms. The summed E-state index contributed by atoms with van der Waals surface area (Å²) in [7, 11) is -1.17. The van der Waals surface area contributed by atoms with Crippen molar-refractivity contribution < 1.29 is 9.53 Å². The lowest BCUT2D eigenvalue weighted by atomic mass is 10.3. The first-order chi connectivity index (χ1) is 9.87. The van der Waals surface area contributed by atoms with Crippen LogP contribution in [0.5, 0.6) is 5.88 Å². The summed E-state index contributed by atoms with van der Waals surface area (Å²) in [6.07, 6.45) is 2.48. The van der Waals surface area contributed by atoms with Crippen molar-refractivity contribution in [2.75, 3.05) is 24.6 Å². The molecule has 116 valence electrons. The first kappa shape index (κ1) is 16.2. The molecular weight excluding hydrogens is 352 g/mol. The number of carbonyl (C=O) groups excluding carboxylic acids is 1. The van der Waals surface area contributed by atoms with Gasteiger partial charge in [-0.1, -0.05) is 19.6 Å². The topological polar surface area (TPSA) is 67.4 Å². The lowest BCUT2D eigenvalue weighted by Gasteiger charge is -2.27. The lowest BCUT2D eigenvalue weighted by Crippen LogP contribution is -2.47. The molecule has 0 saturated carbocycles. The summed E-state index contributed by atoms with van der Waals surface area (Å²) in [6, 6.07) is 0.889. The monoisotopic (exact) mass is 372 g/mol. The lowest BCUT2D eigenvalue weighted by molar-refractivity contribution is 0.242. The number of hydrogen-bond acceptors (Lipinski definition) is 4. The van der Waals surface area contributed by atoms with Gasteiger partial charge in [0.2, 0.25) is 5.82 Å². The molecule has 0 bridgehead atoms. The zero-order valence-electron chi connectivity index (χ0n) is 12.6. The van der Waals surface area contributed by atoms with Gasteiger partial charge >= 0.3 is 6.03 Å². The predicted octanol–water partition coefficient (Wildman–Crippen LogP) is 2.88. The number of amides is 2. The molecule has 6 nitrogen and oxygen atoms in total. The highest BCUT2D eigenvalue weighted by Gasteiger charge is 2.25. The fourth-order valence-electron chi connectivity index (χ4n) is 1.91. The Morgan fingerprint density at radius 3 is 2.90 bits per heavy atom. The molecule has 0 aromatic carbocycles. The van der Waals surface area contributed by atoms with Crippen LogP contribution < -0.4 is 15.0 Å². The van der Waals surface area contributed by atoms with E-state index in [1.165, 1.54) is 0 Å². The van der Waals surface area contributed by atoms with Crippen LogP contribution in [0.15, 0.2) is 10.8 Å². The van der Waals surface area contributed by atoms with Gasteiger partial charge in [-0.15, -0.1) is 0 Å². The zero-order chi connectivity index (χ0) is 15.5. The molecule has 1 aromatic rings. The molecule has 2 heterocycles. The first-order valence-electron chi connectivity index (χ1n) is 7.07. The quantitative estimate of drug-likeness (QED) is 0.806. The summed E-state index contributed by atoms with van der Waals surface area (Å²) in [6.45, 7) is 8.81. The molecule has 0 aliphatic carbocycles. The SMILES string of the molecule is C[Si](C)(C)CCOc1ncc(Br)nc1N1CCCNC1=O. The number of halogens is 1. The Kier molecular flexibility index (Phi) is 5.21. The van der Waals surface area contributed by atoms with E-state index in [0.29, 0.717) is 36.0 Å². The van der Waals surface area contributed by atoms with E-state index in [-0.39, 0.29) is 6.03 Å². The Morgan fingerprint density at radius 2 is 2.24 bits per heavy atom. The molecule has 2 rings (SSSR count). The van der Waals surface area contributed by atoms with Crippen LogP contribution >= 0.6 is 15.9 Å². The normalized spacial score (nSPS) is 15.8. The maximum atomic E-state index is 12.0. The third-order valence-corrected chi connectivity index (χ3v) is 5.20. The summed E-state index contributed by atoms with van der Waals surface area (Å²) in [5.74, 6) is 0.908. The van der Waals surface area contributed by atoms with E-state index in [9.17, 15) is 4.79 Å². The van der Waals surface area contributed by atoms with Crippen molar-refractivity contribution >= 4 is 35.9 Å². The number of hydrogen-bond donors (Lipinski definition) is 1. The number of anilines is 1. The number of ether oxygens (including phenoxy) is 1. The van der Waals surface area contributed by atoms with Gasteiger partial charge in [0.25, 0.3) is 5.88 Å². The number of nitrogens with zero attached hydrogens (tertiary/aromatic N) is 3. The second-order valence-corrected chi connectivity index (χ2v) is 12.7. The minimum absolute atomic E-state index is 0.149. The minimum atomic E-state index is -1.17. The van der Waals surface area contributed by atoms with E-state index in [2.05, 4.69) is 50.9 Å². The molecule has 0 spiro atoms. The molecule has 1 aliphatic heterocycles. The highest BCUT2D eigenvalue weighted by molar-refractivity contribution is 9.10. The third-order valence-electron chi connectivity index (χ3n) is 3.12. The van der Waals surface area contributed by atoms with Crippen LogP contribution in [0.1, 0.15) is 6.42 Å². The molecule has 8 heteroatoms. The zero-order valence-corrected chi connectivity index (χ0v) is 15.2. The molecule has 0 radical (unpaired) electrons. The number of urea groups is 1. The van der Waals surface area contributed by atoms with E-state index in [4.69, 9.17) is 4.74 Å². The van der Waals surface area contributed by atoms with E-state index in [1.807, 2.05) is 0 Å². The number of rotatable bonds is 5. The van der Waals surface area contributed by atoms with Crippen LogP contribution in [0, 0.1) is 0 Å². The van der Waals surface area contributed by atoms with Crippen LogP contribution in [0.3, 0.4) is 0 Å². The summed E-state index contributed by atoms with van der Waals surface area (Å²) in [5, 5.41) is 2.81. The van der Waals surface area contributed by atoms with E-state index in [1.54, 1.807) is 11.1 Å². The standard InChI is InChI=1S/C13H21BrN4O2Si/c1-21(2,3)8-7-20-12-11(17-10(14)9-16-12)18-6-4-5-15-13(18)19/h9H,4-8H2,1-3H3,(H,15,19). The van der Waals surface area contributed by atoms with Crippen molar-refractivity contribution in [3.05, 3.63) is 10.8 Å². The van der Waals surface area contributed by atoms with Gasteiger partial charge in [0.05, 0.1) is 12.8 Å². The number of nitrogens with one attached hydrogen (secondary N) is 1. The smallest absolute Gasteiger partial charge is 0.323 e. The van der Waals surface area contributed by atoms with Gasteiger partial charge in [0, 0.05) is 21.2 Å². The van der Waals surface area contributed by atoms with Crippen LogP contribution in [0.2, 0.25) is 25.7 Å². The fourth-order valence-corrected chi connectivity index (χ4v) is 2.90. The minimum Gasteiger partial charge on any atom is -0.475 e. The molecule has 1 N–H and O–H groups in total. The number of carbonyl (C=O) groups is 1. The van der Waals surface area contributed by atoms with Crippen molar-refractivity contribution in [3.8, 4) is 5.88 Å². The summed E-state index contributed by atoms with van der Waals surface area (Å²) in [5.41, 5.74) is 0. The number of aromatic nitrogens is 2. The maximum absolute atomic E-state index is 12.0. The van der Waals surface area contributed by atoms with Crippen molar-refractivity contribution in [1.29, 1.82) is 0 Å². The van der Waals surface area contributed by atoms with Crippen LogP contribution in [0.4, 0.5) is 10.6 Å². The highest BCUT2D eigenvalue weighted by atomic mass is 79.9. The molecular formula is C13H21BrN4O2Si. The van der Waals surface area contributed by atoms with E-state index < -0.39 is 8.07 Å².